The van der Waals surface area contributed by atoms with E-state index in [1.807, 2.05) is 25.1 Å². The third kappa shape index (κ3) is 4.95. The van der Waals surface area contributed by atoms with Crippen LogP contribution in [0.5, 0.6) is 0 Å². The van der Waals surface area contributed by atoms with Gasteiger partial charge in [-0.3, -0.25) is 10.1 Å². The number of hydrogen-bond donors (Lipinski definition) is 1. The minimum absolute atomic E-state index is 0.197. The van der Waals surface area contributed by atoms with Crippen LogP contribution in [-0.4, -0.2) is 21.1 Å². The van der Waals surface area contributed by atoms with Crippen molar-refractivity contribution in [3.05, 3.63) is 76.3 Å². The lowest BCUT2D eigenvalue weighted by molar-refractivity contribution is 0.102. The Bertz CT molecular complexity index is 1140. The van der Waals surface area contributed by atoms with Crippen molar-refractivity contribution in [2.45, 2.75) is 30.4 Å². The molecule has 2 aromatic carbocycles. The Balaban J connectivity index is 1.41. The van der Waals surface area contributed by atoms with E-state index in [4.69, 9.17) is 0 Å². The highest BCUT2D eigenvalue weighted by atomic mass is 32.2. The maximum Gasteiger partial charge on any atom is 0.269 e. The fourth-order valence-corrected chi connectivity index (χ4v) is 5.48. The van der Waals surface area contributed by atoms with Crippen LogP contribution >= 0.6 is 34.4 Å². The van der Waals surface area contributed by atoms with Gasteiger partial charge in [0.1, 0.15) is 9.88 Å². The maximum absolute atomic E-state index is 12.8. The average Bonchev–Trinajstić information content (AvgIpc) is 3.39. The molecule has 2 heterocycles. The van der Waals surface area contributed by atoms with Crippen molar-refractivity contribution in [1.29, 1.82) is 0 Å². The third-order valence-electron chi connectivity index (χ3n) is 4.44. The number of benzene rings is 2. The summed E-state index contributed by atoms with van der Waals surface area (Å²) in [6.07, 6.45) is 0.998. The Kier molecular flexibility index (Phi) is 6.56. The molecule has 8 heteroatoms. The number of aromatic nitrogens is 3. The van der Waals surface area contributed by atoms with Gasteiger partial charge in [-0.25, -0.2) is 4.98 Å². The first kappa shape index (κ1) is 20.7. The van der Waals surface area contributed by atoms with E-state index in [2.05, 4.69) is 63.8 Å². The summed E-state index contributed by atoms with van der Waals surface area (Å²) >= 11 is 4.39. The van der Waals surface area contributed by atoms with E-state index in [9.17, 15) is 4.79 Å². The molecule has 1 N–H and O–H groups in total. The summed E-state index contributed by atoms with van der Waals surface area (Å²) in [5.74, 6) is 0.620. The highest BCUT2D eigenvalue weighted by Crippen LogP contribution is 2.31. The van der Waals surface area contributed by atoms with Crippen LogP contribution in [0.15, 0.2) is 58.9 Å². The second-order valence-electron chi connectivity index (χ2n) is 6.59. The molecule has 4 rings (SSSR count). The predicted octanol–water partition coefficient (Wildman–Crippen LogP) is 6.08. The highest BCUT2D eigenvalue weighted by molar-refractivity contribution is 8.00. The summed E-state index contributed by atoms with van der Waals surface area (Å²) in [5.41, 5.74) is 4.25. The number of amides is 1. The second-order valence-corrected chi connectivity index (χ2v) is 9.78. The molecule has 0 unspecified atom stereocenters. The van der Waals surface area contributed by atoms with Crippen molar-refractivity contribution in [1.82, 2.24) is 15.2 Å². The van der Waals surface area contributed by atoms with E-state index in [1.54, 1.807) is 11.8 Å². The molecule has 152 valence electrons. The molecule has 0 aliphatic heterocycles. The van der Waals surface area contributed by atoms with Gasteiger partial charge in [-0.05, 0) is 24.5 Å². The van der Waals surface area contributed by atoms with Crippen LogP contribution < -0.4 is 5.32 Å². The lowest BCUT2D eigenvalue weighted by Crippen LogP contribution is -2.11. The first-order chi connectivity index (χ1) is 14.6. The number of anilines is 1. The molecule has 5 nitrogen and oxygen atoms in total. The first-order valence-corrected chi connectivity index (χ1v) is 12.1. The lowest BCUT2D eigenvalue weighted by atomic mass is 10.1. The van der Waals surface area contributed by atoms with E-state index in [1.165, 1.54) is 33.8 Å². The zero-order valence-corrected chi connectivity index (χ0v) is 19.0. The summed E-state index contributed by atoms with van der Waals surface area (Å²) in [6, 6.07) is 18.5. The van der Waals surface area contributed by atoms with Gasteiger partial charge in [0.15, 0.2) is 4.34 Å². The molecule has 0 bridgehead atoms. The lowest BCUT2D eigenvalue weighted by Gasteiger charge is -1.99. The Labute approximate surface area is 187 Å². The molecule has 0 fully saturated rings. The van der Waals surface area contributed by atoms with Gasteiger partial charge >= 0.3 is 0 Å². The highest BCUT2D eigenvalue weighted by Gasteiger charge is 2.18. The normalized spacial score (nSPS) is 10.9. The molecule has 0 atom stereocenters. The number of carbonyl (C=O) groups is 1. The van der Waals surface area contributed by atoms with Gasteiger partial charge < -0.3 is 0 Å². The molecule has 2 aromatic heterocycles. The number of nitrogens with zero attached hydrogens (tertiary/aromatic N) is 3. The number of carbonyl (C=O) groups excluding carboxylic acids is 1. The van der Waals surface area contributed by atoms with Gasteiger partial charge in [-0.1, -0.05) is 84.6 Å². The van der Waals surface area contributed by atoms with Crippen molar-refractivity contribution in [3.63, 3.8) is 0 Å². The standard InChI is InChI=1S/C22H20N4OS3/c1-3-15-9-11-17(12-10-15)20-23-14(2)18(29-20)19(27)24-21-25-26-22(30-21)28-13-16-7-5-4-6-8-16/h4-12H,3,13H2,1-2H3,(H,24,25,27). The Morgan fingerprint density at radius 2 is 1.77 bits per heavy atom. The Morgan fingerprint density at radius 3 is 2.50 bits per heavy atom. The number of aryl methyl sites for hydroxylation is 2. The van der Waals surface area contributed by atoms with Crippen LogP contribution in [0, 0.1) is 6.92 Å². The molecule has 0 aliphatic carbocycles. The quantitative estimate of drug-likeness (QED) is 0.272. The van der Waals surface area contributed by atoms with Crippen molar-refractivity contribution < 1.29 is 4.79 Å². The maximum atomic E-state index is 12.8. The average molecular weight is 453 g/mol. The van der Waals surface area contributed by atoms with Crippen LogP contribution in [0.4, 0.5) is 5.13 Å². The molecule has 0 radical (unpaired) electrons. The summed E-state index contributed by atoms with van der Waals surface area (Å²) in [4.78, 5) is 17.9. The van der Waals surface area contributed by atoms with Gasteiger partial charge in [0.05, 0.1) is 5.69 Å². The third-order valence-corrected chi connectivity index (χ3v) is 7.69. The topological polar surface area (TPSA) is 67.8 Å². The summed E-state index contributed by atoms with van der Waals surface area (Å²) in [7, 11) is 0. The number of nitrogens with one attached hydrogen (secondary N) is 1. The summed E-state index contributed by atoms with van der Waals surface area (Å²) in [6.45, 7) is 3.99. The molecule has 0 aliphatic rings. The van der Waals surface area contributed by atoms with Crippen molar-refractivity contribution in [2.24, 2.45) is 0 Å². The van der Waals surface area contributed by atoms with E-state index in [0.29, 0.717) is 10.0 Å². The van der Waals surface area contributed by atoms with Gasteiger partial charge in [-0.2, -0.15) is 0 Å². The molecule has 0 saturated heterocycles. The van der Waals surface area contributed by atoms with Crippen LogP contribution in [0.3, 0.4) is 0 Å². The SMILES string of the molecule is CCc1ccc(-c2nc(C)c(C(=O)Nc3nnc(SCc4ccccc4)s3)s2)cc1. The molecule has 0 spiro atoms. The van der Waals surface area contributed by atoms with Crippen molar-refractivity contribution in [2.75, 3.05) is 5.32 Å². The summed E-state index contributed by atoms with van der Waals surface area (Å²) in [5, 5.41) is 12.5. The fraction of sp³-hybridized carbons (Fsp3) is 0.182. The summed E-state index contributed by atoms with van der Waals surface area (Å²) < 4.78 is 0.826. The first-order valence-electron chi connectivity index (χ1n) is 9.50. The molecule has 4 aromatic rings. The largest absolute Gasteiger partial charge is 0.296 e. The molecule has 1 amide bonds. The molecule has 0 saturated carbocycles. The van der Waals surface area contributed by atoms with Crippen LogP contribution in [0.25, 0.3) is 10.6 Å². The van der Waals surface area contributed by atoms with Crippen LogP contribution in [0.2, 0.25) is 0 Å². The zero-order chi connectivity index (χ0) is 20.9. The number of hydrogen-bond acceptors (Lipinski definition) is 7. The Hall–Kier alpha value is -2.55. The van der Waals surface area contributed by atoms with Crippen molar-refractivity contribution in [3.8, 4) is 10.6 Å². The van der Waals surface area contributed by atoms with Gasteiger partial charge in [0, 0.05) is 11.3 Å². The van der Waals surface area contributed by atoms with Gasteiger partial charge in [0.25, 0.3) is 5.91 Å². The van der Waals surface area contributed by atoms with E-state index in [0.717, 1.165) is 32.8 Å². The van der Waals surface area contributed by atoms with Gasteiger partial charge in [-0.15, -0.1) is 21.5 Å². The monoisotopic (exact) mass is 452 g/mol. The number of thioether (sulfide) groups is 1. The van der Waals surface area contributed by atoms with Crippen LogP contribution in [0.1, 0.15) is 33.4 Å². The van der Waals surface area contributed by atoms with E-state index in [-0.39, 0.29) is 5.91 Å². The predicted molar refractivity (Wildman–Crippen MR) is 126 cm³/mol. The fourth-order valence-electron chi connectivity index (χ4n) is 2.81. The minimum Gasteiger partial charge on any atom is -0.296 e. The number of rotatable bonds is 7. The van der Waals surface area contributed by atoms with E-state index < -0.39 is 0 Å². The smallest absolute Gasteiger partial charge is 0.269 e. The van der Waals surface area contributed by atoms with Gasteiger partial charge in [0.2, 0.25) is 5.13 Å². The van der Waals surface area contributed by atoms with Crippen LogP contribution in [-0.2, 0) is 12.2 Å². The zero-order valence-electron chi connectivity index (χ0n) is 16.6. The molecule has 30 heavy (non-hydrogen) atoms. The number of thiazole rings is 1. The Morgan fingerprint density at radius 1 is 1.00 bits per heavy atom. The van der Waals surface area contributed by atoms with E-state index >= 15 is 0 Å². The minimum atomic E-state index is -0.197. The molecular formula is C22H20N4OS3. The second kappa shape index (κ2) is 9.51. The molecular weight excluding hydrogens is 432 g/mol. The van der Waals surface area contributed by atoms with Crippen molar-refractivity contribution >= 4 is 45.5 Å².